The van der Waals surface area contributed by atoms with Crippen LogP contribution in [-0.4, -0.2) is 43.2 Å². The molecule has 1 fully saturated rings. The summed E-state index contributed by atoms with van der Waals surface area (Å²) < 4.78 is 0. The average Bonchev–Trinajstić information content (AvgIpc) is 3.56. The fourth-order valence-corrected chi connectivity index (χ4v) is 5.14. The van der Waals surface area contributed by atoms with Crippen LogP contribution in [0.1, 0.15) is 45.4 Å². The van der Waals surface area contributed by atoms with Gasteiger partial charge >= 0.3 is 0 Å². The zero-order valence-corrected chi connectivity index (χ0v) is 21.2. The number of unbranched alkanes of at least 4 members (excludes halogenated alkanes) is 1. The van der Waals surface area contributed by atoms with Crippen LogP contribution in [0.5, 0.6) is 0 Å². The Balaban J connectivity index is 1.34. The standard InChI is InChI=1S/C29H32N8/c1-3-4-8-19(2)33-21-11-20(14-30-15-21)24-13-23-27(17-32-24)35-36-29(23)25-12-22-26(34-25)16-31-18-28(22)37-9-6-5-7-10-37/h11-18,33-34H,2-10H2,1H3,(H,35,36). The van der Waals surface area contributed by atoms with Crippen molar-refractivity contribution in [1.29, 1.82) is 0 Å². The van der Waals surface area contributed by atoms with Crippen LogP contribution in [0.2, 0.25) is 0 Å². The van der Waals surface area contributed by atoms with Crippen molar-refractivity contribution in [3.8, 4) is 22.6 Å². The second-order valence-corrected chi connectivity index (χ2v) is 9.83. The van der Waals surface area contributed by atoms with Gasteiger partial charge in [0.25, 0.3) is 0 Å². The predicted molar refractivity (Wildman–Crippen MR) is 151 cm³/mol. The van der Waals surface area contributed by atoms with Crippen LogP contribution in [0.15, 0.2) is 61.5 Å². The molecule has 1 aliphatic heterocycles. The fraction of sp³-hybridized carbons (Fsp3) is 0.310. The molecule has 1 aliphatic rings. The molecule has 0 aliphatic carbocycles. The van der Waals surface area contributed by atoms with E-state index in [1.807, 2.05) is 31.0 Å². The lowest BCUT2D eigenvalue weighted by Crippen LogP contribution is -2.29. The quantitative estimate of drug-likeness (QED) is 0.224. The third kappa shape index (κ3) is 4.67. The molecule has 0 atom stereocenters. The topological polar surface area (TPSA) is 98.4 Å². The largest absolute Gasteiger partial charge is 0.370 e. The summed E-state index contributed by atoms with van der Waals surface area (Å²) in [6, 6.07) is 6.35. The van der Waals surface area contributed by atoms with Crippen LogP contribution in [-0.2, 0) is 0 Å². The Labute approximate surface area is 216 Å². The monoisotopic (exact) mass is 492 g/mol. The van der Waals surface area contributed by atoms with Crippen molar-refractivity contribution in [2.24, 2.45) is 0 Å². The molecule has 0 amide bonds. The van der Waals surface area contributed by atoms with Gasteiger partial charge in [-0.3, -0.25) is 20.1 Å². The number of fused-ring (bicyclic) bond motifs is 2. The van der Waals surface area contributed by atoms with Crippen LogP contribution in [0.3, 0.4) is 0 Å². The first kappa shape index (κ1) is 23.2. The summed E-state index contributed by atoms with van der Waals surface area (Å²) in [4.78, 5) is 19.6. The van der Waals surface area contributed by atoms with E-state index in [9.17, 15) is 0 Å². The van der Waals surface area contributed by atoms with E-state index in [-0.39, 0.29) is 0 Å². The predicted octanol–water partition coefficient (Wildman–Crippen LogP) is 6.67. The molecule has 0 bridgehead atoms. The lowest BCUT2D eigenvalue weighted by molar-refractivity contribution is 0.578. The maximum absolute atomic E-state index is 4.68. The summed E-state index contributed by atoms with van der Waals surface area (Å²) >= 11 is 0. The van der Waals surface area contributed by atoms with Crippen molar-refractivity contribution in [3.05, 3.63) is 61.5 Å². The molecule has 5 aromatic rings. The van der Waals surface area contributed by atoms with E-state index < -0.39 is 0 Å². The van der Waals surface area contributed by atoms with Gasteiger partial charge < -0.3 is 15.2 Å². The molecule has 8 heteroatoms. The number of nitrogens with one attached hydrogen (secondary N) is 3. The minimum Gasteiger partial charge on any atom is -0.370 e. The van der Waals surface area contributed by atoms with Gasteiger partial charge in [-0.05, 0) is 50.3 Å². The summed E-state index contributed by atoms with van der Waals surface area (Å²) in [5.41, 5.74) is 8.64. The minimum absolute atomic E-state index is 0.845. The summed E-state index contributed by atoms with van der Waals surface area (Å²) in [5.74, 6) is 0. The zero-order valence-electron chi connectivity index (χ0n) is 21.2. The fourth-order valence-electron chi connectivity index (χ4n) is 5.14. The first-order valence-corrected chi connectivity index (χ1v) is 13.2. The van der Waals surface area contributed by atoms with Crippen molar-refractivity contribution in [2.75, 3.05) is 23.3 Å². The van der Waals surface area contributed by atoms with Crippen molar-refractivity contribution in [2.45, 2.75) is 45.4 Å². The molecular formula is C29H32N8. The highest BCUT2D eigenvalue weighted by Gasteiger charge is 2.18. The van der Waals surface area contributed by atoms with Gasteiger partial charge in [0.1, 0.15) is 5.69 Å². The number of rotatable bonds is 8. The number of nitrogens with zero attached hydrogens (tertiary/aromatic N) is 5. The molecule has 0 unspecified atom stereocenters. The Kier molecular flexibility index (Phi) is 6.30. The maximum Gasteiger partial charge on any atom is 0.116 e. The molecule has 188 valence electrons. The summed E-state index contributed by atoms with van der Waals surface area (Å²) in [6.07, 6.45) is 16.3. The number of H-pyrrole nitrogens is 2. The van der Waals surface area contributed by atoms with Crippen molar-refractivity contribution in [1.82, 2.24) is 30.1 Å². The van der Waals surface area contributed by atoms with Crippen molar-refractivity contribution in [3.63, 3.8) is 0 Å². The van der Waals surface area contributed by atoms with Crippen molar-refractivity contribution >= 4 is 33.2 Å². The van der Waals surface area contributed by atoms with Crippen molar-refractivity contribution < 1.29 is 0 Å². The first-order chi connectivity index (χ1) is 18.2. The molecule has 0 radical (unpaired) electrons. The van der Waals surface area contributed by atoms with Crippen LogP contribution in [0, 0.1) is 0 Å². The minimum atomic E-state index is 0.845. The van der Waals surface area contributed by atoms with Gasteiger partial charge in [0.2, 0.25) is 0 Å². The first-order valence-electron chi connectivity index (χ1n) is 13.2. The van der Waals surface area contributed by atoms with Crippen LogP contribution in [0.4, 0.5) is 11.4 Å². The van der Waals surface area contributed by atoms with Gasteiger partial charge in [0.05, 0.1) is 58.6 Å². The third-order valence-corrected chi connectivity index (χ3v) is 7.11. The zero-order chi connectivity index (χ0) is 25.2. The number of pyridine rings is 3. The van der Waals surface area contributed by atoms with E-state index in [4.69, 9.17) is 0 Å². The normalized spacial score (nSPS) is 13.9. The van der Waals surface area contributed by atoms with E-state index >= 15 is 0 Å². The molecule has 3 N–H and O–H groups in total. The van der Waals surface area contributed by atoms with Gasteiger partial charge in [0.15, 0.2) is 0 Å². The molecule has 1 saturated heterocycles. The molecule has 6 heterocycles. The Morgan fingerprint density at radius 1 is 0.973 bits per heavy atom. The van der Waals surface area contributed by atoms with Gasteiger partial charge in [-0.1, -0.05) is 19.9 Å². The highest BCUT2D eigenvalue weighted by molar-refractivity contribution is 6.00. The smallest absolute Gasteiger partial charge is 0.116 e. The van der Waals surface area contributed by atoms with Crippen LogP contribution < -0.4 is 10.2 Å². The van der Waals surface area contributed by atoms with Gasteiger partial charge in [0, 0.05) is 41.3 Å². The van der Waals surface area contributed by atoms with E-state index in [1.165, 1.54) is 30.3 Å². The second kappa shape index (κ2) is 10.0. The SMILES string of the molecule is C=C(CCCC)Nc1cncc(-c2cc3c(-c4cc5c(N6CCCCC6)cncc5[nH]4)n[nH]c3cn2)c1. The molecule has 8 nitrogen and oxygen atoms in total. The van der Waals surface area contributed by atoms with E-state index in [0.717, 1.165) is 82.8 Å². The molecule has 37 heavy (non-hydrogen) atoms. The highest BCUT2D eigenvalue weighted by atomic mass is 15.1. The number of hydrogen-bond acceptors (Lipinski definition) is 6. The Hall–Kier alpha value is -4.20. The molecule has 6 rings (SSSR count). The van der Waals surface area contributed by atoms with Gasteiger partial charge in [-0.15, -0.1) is 0 Å². The molecule has 5 aromatic heterocycles. The summed E-state index contributed by atoms with van der Waals surface area (Å²) in [7, 11) is 0. The van der Waals surface area contributed by atoms with E-state index in [1.54, 1.807) is 0 Å². The highest BCUT2D eigenvalue weighted by Crippen LogP contribution is 2.34. The van der Waals surface area contributed by atoms with Crippen LogP contribution >= 0.6 is 0 Å². The number of aromatic nitrogens is 6. The number of allylic oxidation sites excluding steroid dienone is 1. The van der Waals surface area contributed by atoms with Gasteiger partial charge in [-0.25, -0.2) is 0 Å². The third-order valence-electron chi connectivity index (χ3n) is 7.11. The van der Waals surface area contributed by atoms with E-state index in [0.29, 0.717) is 0 Å². The number of anilines is 2. The Bertz CT molecular complexity index is 1560. The summed E-state index contributed by atoms with van der Waals surface area (Å²) in [6.45, 7) is 8.49. The molecule has 0 saturated carbocycles. The second-order valence-electron chi connectivity index (χ2n) is 9.83. The maximum atomic E-state index is 4.68. The van der Waals surface area contributed by atoms with E-state index in [2.05, 4.69) is 72.1 Å². The lowest BCUT2D eigenvalue weighted by atomic mass is 10.1. The number of aromatic amines is 2. The number of piperidine rings is 1. The average molecular weight is 493 g/mol. The Morgan fingerprint density at radius 2 is 1.84 bits per heavy atom. The molecule has 0 spiro atoms. The molecular weight excluding hydrogens is 460 g/mol. The lowest BCUT2D eigenvalue weighted by Gasteiger charge is -2.28. The summed E-state index contributed by atoms with van der Waals surface area (Å²) in [5, 5.41) is 13.4. The van der Waals surface area contributed by atoms with Gasteiger partial charge in [-0.2, -0.15) is 5.10 Å². The van der Waals surface area contributed by atoms with Crippen LogP contribution in [0.25, 0.3) is 44.5 Å². The Morgan fingerprint density at radius 3 is 2.70 bits per heavy atom. The molecule has 0 aromatic carbocycles. The number of hydrogen-bond donors (Lipinski definition) is 3.